The fraction of sp³-hybridized carbons (Fsp3) is 0.292. The van der Waals surface area contributed by atoms with Gasteiger partial charge < -0.3 is 14.8 Å². The minimum Gasteiger partial charge on any atom is -0.379 e. The van der Waals surface area contributed by atoms with Crippen LogP contribution in [0.5, 0.6) is 0 Å². The van der Waals surface area contributed by atoms with Crippen LogP contribution in [-0.4, -0.2) is 34.1 Å². The smallest absolute Gasteiger partial charge is 0.251 e. The van der Waals surface area contributed by atoms with E-state index in [9.17, 15) is 13.2 Å². The summed E-state index contributed by atoms with van der Waals surface area (Å²) in [6.07, 6.45) is 0. The Balaban J connectivity index is 1.50. The predicted molar refractivity (Wildman–Crippen MR) is 129 cm³/mol. The average molecular weight is 489 g/mol. The van der Waals surface area contributed by atoms with Crippen molar-refractivity contribution in [2.45, 2.75) is 31.5 Å². The number of carbonyl (C=O) groups is 1. The minimum atomic E-state index is -3.65. The van der Waals surface area contributed by atoms with Crippen molar-refractivity contribution in [3.63, 3.8) is 0 Å². The number of nitrogens with one attached hydrogen (secondary N) is 2. The summed E-state index contributed by atoms with van der Waals surface area (Å²) >= 11 is 1.48. The Kier molecular flexibility index (Phi) is 9.59. The van der Waals surface area contributed by atoms with Crippen molar-refractivity contribution in [2.24, 2.45) is 0 Å². The Hall–Kier alpha value is -2.56. The first kappa shape index (κ1) is 25.1. The van der Waals surface area contributed by atoms with E-state index in [1.165, 1.54) is 35.6 Å². The van der Waals surface area contributed by atoms with Gasteiger partial charge in [0.2, 0.25) is 10.0 Å². The second kappa shape index (κ2) is 12.6. The molecule has 1 aromatic heterocycles. The quantitative estimate of drug-likeness (QED) is 0.358. The summed E-state index contributed by atoms with van der Waals surface area (Å²) < 4.78 is 38.3. The third-order valence-electron chi connectivity index (χ3n) is 4.73. The first-order chi connectivity index (χ1) is 16.0. The molecule has 2 N–H and O–H groups in total. The van der Waals surface area contributed by atoms with E-state index < -0.39 is 10.0 Å². The third-order valence-corrected chi connectivity index (χ3v) is 7.03. The Morgan fingerprint density at radius 1 is 0.939 bits per heavy atom. The molecule has 1 amide bonds. The van der Waals surface area contributed by atoms with Gasteiger partial charge in [-0.25, -0.2) is 13.1 Å². The maximum atomic E-state index is 12.5. The van der Waals surface area contributed by atoms with Crippen LogP contribution in [0.3, 0.4) is 0 Å². The molecule has 9 heteroatoms. The van der Waals surface area contributed by atoms with Crippen LogP contribution in [0.25, 0.3) is 0 Å². The fourth-order valence-electron chi connectivity index (χ4n) is 3.01. The molecule has 1 heterocycles. The van der Waals surface area contributed by atoms with Gasteiger partial charge >= 0.3 is 0 Å². The first-order valence-corrected chi connectivity index (χ1v) is 13.0. The summed E-state index contributed by atoms with van der Waals surface area (Å²) in [5.41, 5.74) is 2.36. The highest BCUT2D eigenvalue weighted by atomic mass is 32.2. The zero-order chi connectivity index (χ0) is 23.5. The lowest BCUT2D eigenvalue weighted by atomic mass is 10.1. The van der Waals surface area contributed by atoms with Gasteiger partial charge in [-0.2, -0.15) is 0 Å². The second-order valence-corrected chi connectivity index (χ2v) is 9.98. The summed E-state index contributed by atoms with van der Waals surface area (Å²) in [4.78, 5) is 13.5. The van der Waals surface area contributed by atoms with Gasteiger partial charge in [-0.05, 0) is 53.8 Å². The molecule has 0 unspecified atom stereocenters. The third kappa shape index (κ3) is 8.06. The van der Waals surface area contributed by atoms with Crippen LogP contribution in [0.1, 0.15) is 33.3 Å². The Morgan fingerprint density at radius 2 is 1.70 bits per heavy atom. The number of sulfonamides is 1. The molecule has 0 aliphatic heterocycles. The molecule has 176 valence electrons. The van der Waals surface area contributed by atoms with Gasteiger partial charge in [0.05, 0.1) is 24.7 Å². The van der Waals surface area contributed by atoms with Crippen LogP contribution in [0.15, 0.2) is 70.9 Å². The Labute approximate surface area is 198 Å². The van der Waals surface area contributed by atoms with E-state index >= 15 is 0 Å². The summed E-state index contributed by atoms with van der Waals surface area (Å²) in [7, 11) is -3.65. The standard InChI is InChI=1S/C24H28N2O5S2/c1-2-30-12-13-31-18-20-6-3-5-19(15-20)16-25-24(27)21-8-10-23(11-9-21)33(28,29)26-17-22-7-4-14-32-22/h3-11,14-15,26H,2,12-13,16-18H2,1H3,(H,25,27). The summed E-state index contributed by atoms with van der Waals surface area (Å²) in [5, 5.41) is 4.76. The van der Waals surface area contributed by atoms with E-state index in [0.717, 1.165) is 16.0 Å². The molecule has 3 rings (SSSR count). The molecule has 0 fully saturated rings. The van der Waals surface area contributed by atoms with Crippen LogP contribution in [0, 0.1) is 0 Å². The molecule has 3 aromatic rings. The van der Waals surface area contributed by atoms with Crippen molar-refractivity contribution in [1.29, 1.82) is 0 Å². The summed E-state index contributed by atoms with van der Waals surface area (Å²) in [6.45, 7) is 4.78. The van der Waals surface area contributed by atoms with Crippen LogP contribution in [-0.2, 0) is 39.2 Å². The molecule has 0 spiro atoms. The van der Waals surface area contributed by atoms with Crippen molar-refractivity contribution < 1.29 is 22.7 Å². The van der Waals surface area contributed by atoms with Crippen molar-refractivity contribution in [2.75, 3.05) is 19.8 Å². The SMILES string of the molecule is CCOCCOCc1cccc(CNC(=O)c2ccc(S(=O)(=O)NCc3cccs3)cc2)c1. The highest BCUT2D eigenvalue weighted by Crippen LogP contribution is 2.14. The van der Waals surface area contributed by atoms with Crippen LogP contribution in [0.2, 0.25) is 0 Å². The number of benzene rings is 2. The molecule has 0 saturated carbocycles. The molecule has 0 atom stereocenters. The molecule has 2 aromatic carbocycles. The molecule has 0 bridgehead atoms. The molecular weight excluding hydrogens is 460 g/mol. The molecule has 0 aliphatic rings. The van der Waals surface area contributed by atoms with E-state index in [1.807, 2.05) is 48.7 Å². The molecule has 0 aliphatic carbocycles. The Morgan fingerprint density at radius 3 is 2.42 bits per heavy atom. The lowest BCUT2D eigenvalue weighted by Crippen LogP contribution is -2.24. The maximum Gasteiger partial charge on any atom is 0.251 e. The Bertz CT molecular complexity index is 1110. The number of carbonyl (C=O) groups excluding carboxylic acids is 1. The number of amides is 1. The van der Waals surface area contributed by atoms with Crippen molar-refractivity contribution in [3.8, 4) is 0 Å². The molecule has 33 heavy (non-hydrogen) atoms. The zero-order valence-electron chi connectivity index (χ0n) is 18.5. The van der Waals surface area contributed by atoms with Gasteiger partial charge in [0.25, 0.3) is 5.91 Å². The van der Waals surface area contributed by atoms with Crippen LogP contribution < -0.4 is 10.0 Å². The first-order valence-electron chi connectivity index (χ1n) is 10.6. The maximum absolute atomic E-state index is 12.5. The lowest BCUT2D eigenvalue weighted by Gasteiger charge is -2.09. The number of thiophene rings is 1. The highest BCUT2D eigenvalue weighted by Gasteiger charge is 2.15. The number of hydrogen-bond donors (Lipinski definition) is 2. The van der Waals surface area contributed by atoms with Crippen LogP contribution >= 0.6 is 11.3 Å². The minimum absolute atomic E-state index is 0.118. The monoisotopic (exact) mass is 488 g/mol. The summed E-state index contributed by atoms with van der Waals surface area (Å²) in [5.74, 6) is -0.274. The van der Waals surface area contributed by atoms with Crippen molar-refractivity contribution in [1.82, 2.24) is 10.0 Å². The topological polar surface area (TPSA) is 93.7 Å². The zero-order valence-corrected chi connectivity index (χ0v) is 20.1. The summed E-state index contributed by atoms with van der Waals surface area (Å²) in [6, 6.07) is 17.4. The van der Waals surface area contributed by atoms with Crippen molar-refractivity contribution >= 4 is 27.3 Å². The van der Waals surface area contributed by atoms with E-state index in [2.05, 4.69) is 10.0 Å². The van der Waals surface area contributed by atoms with E-state index in [0.29, 0.717) is 38.5 Å². The van der Waals surface area contributed by atoms with Gasteiger partial charge in [0.1, 0.15) is 0 Å². The van der Waals surface area contributed by atoms with E-state index in [4.69, 9.17) is 9.47 Å². The number of ether oxygens (including phenoxy) is 2. The van der Waals surface area contributed by atoms with Gasteiger partial charge in [-0.3, -0.25) is 4.79 Å². The second-order valence-electron chi connectivity index (χ2n) is 7.18. The van der Waals surface area contributed by atoms with Gasteiger partial charge in [0, 0.05) is 30.1 Å². The largest absolute Gasteiger partial charge is 0.379 e. The molecule has 0 saturated heterocycles. The lowest BCUT2D eigenvalue weighted by molar-refractivity contribution is 0.0453. The van der Waals surface area contributed by atoms with E-state index in [-0.39, 0.29) is 17.3 Å². The molecule has 7 nitrogen and oxygen atoms in total. The average Bonchev–Trinajstić information content (AvgIpc) is 3.35. The van der Waals surface area contributed by atoms with E-state index in [1.54, 1.807) is 0 Å². The number of hydrogen-bond acceptors (Lipinski definition) is 6. The fourth-order valence-corrected chi connectivity index (χ4v) is 4.76. The number of rotatable bonds is 13. The van der Waals surface area contributed by atoms with Gasteiger partial charge in [0.15, 0.2) is 0 Å². The highest BCUT2D eigenvalue weighted by molar-refractivity contribution is 7.89. The van der Waals surface area contributed by atoms with Gasteiger partial charge in [-0.1, -0.05) is 30.3 Å². The van der Waals surface area contributed by atoms with Crippen molar-refractivity contribution in [3.05, 3.63) is 87.6 Å². The predicted octanol–water partition coefficient (Wildman–Crippen LogP) is 3.71. The molecule has 0 radical (unpaired) electrons. The van der Waals surface area contributed by atoms with Gasteiger partial charge in [-0.15, -0.1) is 11.3 Å². The van der Waals surface area contributed by atoms with Crippen LogP contribution in [0.4, 0.5) is 0 Å². The molecular formula is C24H28N2O5S2. The normalized spacial score (nSPS) is 11.4.